The van der Waals surface area contributed by atoms with Crippen LogP contribution in [0.2, 0.25) is 0 Å². The van der Waals surface area contributed by atoms with Gasteiger partial charge in [-0.25, -0.2) is 0 Å². The third-order valence-electron chi connectivity index (χ3n) is 6.38. The van der Waals surface area contributed by atoms with Crippen molar-refractivity contribution in [2.75, 3.05) is 4.90 Å². The zero-order valence-corrected chi connectivity index (χ0v) is 20.2. The standard InChI is InChI=1S/C31H37N/c1-7-13-29-20-21-31(24(5)30(29)9-3)32(23(4)22-27-14-11-10-12-15-27)25(6)28-18-16-26(8-2)17-19-28/h8,10-12,14-21,23H,2,6-7,9,13,22H2,1,3-5H3/t23-/m0/s1. The minimum absolute atomic E-state index is 0.268. The van der Waals surface area contributed by atoms with Crippen LogP contribution >= 0.6 is 0 Å². The Bertz CT molecular complexity index is 1040. The van der Waals surface area contributed by atoms with E-state index < -0.39 is 0 Å². The first-order valence-corrected chi connectivity index (χ1v) is 11.9. The maximum absolute atomic E-state index is 4.58. The third kappa shape index (κ3) is 5.22. The summed E-state index contributed by atoms with van der Waals surface area (Å²) in [6, 6.07) is 24.2. The number of anilines is 1. The first-order chi connectivity index (χ1) is 15.5. The van der Waals surface area contributed by atoms with Crippen molar-refractivity contribution in [1.82, 2.24) is 0 Å². The molecule has 1 heteroatoms. The van der Waals surface area contributed by atoms with Crippen LogP contribution in [0.1, 0.15) is 60.6 Å². The van der Waals surface area contributed by atoms with Crippen molar-refractivity contribution in [2.45, 2.75) is 59.4 Å². The zero-order valence-electron chi connectivity index (χ0n) is 20.2. The maximum Gasteiger partial charge on any atom is 0.0446 e. The van der Waals surface area contributed by atoms with E-state index in [9.17, 15) is 0 Å². The van der Waals surface area contributed by atoms with Gasteiger partial charge in [-0.2, -0.15) is 0 Å². The van der Waals surface area contributed by atoms with Gasteiger partial charge >= 0.3 is 0 Å². The zero-order chi connectivity index (χ0) is 23.1. The summed E-state index contributed by atoms with van der Waals surface area (Å²) in [5.41, 5.74) is 10.3. The van der Waals surface area contributed by atoms with Crippen LogP contribution in [0.25, 0.3) is 11.8 Å². The Hall–Kier alpha value is -3.06. The van der Waals surface area contributed by atoms with E-state index in [0.717, 1.165) is 36.1 Å². The lowest BCUT2D eigenvalue weighted by molar-refractivity contribution is 0.710. The summed E-state index contributed by atoms with van der Waals surface area (Å²) in [6.07, 6.45) is 6.20. The van der Waals surface area contributed by atoms with Crippen LogP contribution in [-0.4, -0.2) is 6.04 Å². The minimum atomic E-state index is 0.268. The molecule has 0 N–H and O–H groups in total. The van der Waals surface area contributed by atoms with Crippen LogP contribution < -0.4 is 4.90 Å². The molecule has 0 aliphatic rings. The second-order valence-corrected chi connectivity index (χ2v) is 8.63. The number of nitrogens with zero attached hydrogens (tertiary/aromatic N) is 1. The molecule has 166 valence electrons. The number of aryl methyl sites for hydroxylation is 1. The van der Waals surface area contributed by atoms with Gasteiger partial charge in [0, 0.05) is 17.4 Å². The average Bonchev–Trinajstić information content (AvgIpc) is 2.81. The maximum atomic E-state index is 4.58. The summed E-state index contributed by atoms with van der Waals surface area (Å²) in [5.74, 6) is 0. The van der Waals surface area contributed by atoms with E-state index >= 15 is 0 Å². The Kier molecular flexibility index (Phi) is 8.11. The quantitative estimate of drug-likeness (QED) is 0.317. The lowest BCUT2D eigenvalue weighted by Gasteiger charge is -2.35. The van der Waals surface area contributed by atoms with Gasteiger partial charge in [-0.3, -0.25) is 0 Å². The molecule has 0 spiro atoms. The average molecular weight is 424 g/mol. The second-order valence-electron chi connectivity index (χ2n) is 8.63. The summed E-state index contributed by atoms with van der Waals surface area (Å²) in [7, 11) is 0. The van der Waals surface area contributed by atoms with Gasteiger partial charge in [-0.1, -0.05) is 100 Å². The Morgan fingerprint density at radius 1 is 0.969 bits per heavy atom. The molecule has 0 heterocycles. The van der Waals surface area contributed by atoms with Crippen LogP contribution in [0.5, 0.6) is 0 Å². The molecular weight excluding hydrogens is 386 g/mol. The molecule has 3 rings (SSSR count). The lowest BCUT2D eigenvalue weighted by atomic mass is 9.93. The first kappa shape index (κ1) is 23.6. The summed E-state index contributed by atoms with van der Waals surface area (Å²) in [5, 5.41) is 0. The number of hydrogen-bond acceptors (Lipinski definition) is 1. The monoisotopic (exact) mass is 423 g/mol. The SMILES string of the molecule is C=Cc1ccc(C(=C)N(c2ccc(CCC)c(CC)c2C)[C@@H](C)Cc2ccccc2)cc1. The molecule has 0 radical (unpaired) electrons. The molecule has 1 atom stereocenters. The van der Waals surface area contributed by atoms with E-state index in [1.165, 1.54) is 34.4 Å². The first-order valence-electron chi connectivity index (χ1n) is 11.9. The molecule has 0 aliphatic heterocycles. The largest absolute Gasteiger partial charge is 0.338 e. The summed E-state index contributed by atoms with van der Waals surface area (Å²) >= 11 is 0. The van der Waals surface area contributed by atoms with Gasteiger partial charge in [0.2, 0.25) is 0 Å². The van der Waals surface area contributed by atoms with Gasteiger partial charge in [-0.05, 0) is 72.6 Å². The normalized spacial score (nSPS) is 11.8. The molecule has 0 fully saturated rings. The fourth-order valence-electron chi connectivity index (χ4n) is 4.70. The highest BCUT2D eigenvalue weighted by molar-refractivity contribution is 5.81. The summed E-state index contributed by atoms with van der Waals surface area (Å²) in [6.45, 7) is 17.6. The molecule has 0 saturated carbocycles. The molecule has 0 amide bonds. The predicted molar refractivity (Wildman–Crippen MR) is 142 cm³/mol. The van der Waals surface area contributed by atoms with Crippen LogP contribution in [0.3, 0.4) is 0 Å². The van der Waals surface area contributed by atoms with Crippen molar-refractivity contribution >= 4 is 17.5 Å². The van der Waals surface area contributed by atoms with Crippen molar-refractivity contribution in [2.24, 2.45) is 0 Å². The van der Waals surface area contributed by atoms with Gasteiger partial charge in [0.1, 0.15) is 0 Å². The molecule has 0 bridgehead atoms. The van der Waals surface area contributed by atoms with Crippen molar-refractivity contribution < 1.29 is 0 Å². The Morgan fingerprint density at radius 3 is 2.25 bits per heavy atom. The molecular formula is C31H37N. The topological polar surface area (TPSA) is 3.24 Å². The van der Waals surface area contributed by atoms with Crippen LogP contribution in [-0.2, 0) is 19.3 Å². The summed E-state index contributed by atoms with van der Waals surface area (Å²) < 4.78 is 0. The van der Waals surface area contributed by atoms with E-state index in [0.29, 0.717) is 0 Å². The molecule has 3 aromatic rings. The van der Waals surface area contributed by atoms with E-state index in [4.69, 9.17) is 0 Å². The minimum Gasteiger partial charge on any atom is -0.338 e. The van der Waals surface area contributed by atoms with Crippen molar-refractivity contribution in [3.05, 3.63) is 113 Å². The molecule has 32 heavy (non-hydrogen) atoms. The summed E-state index contributed by atoms with van der Waals surface area (Å²) in [4.78, 5) is 2.44. The second kappa shape index (κ2) is 11.0. The number of rotatable bonds is 10. The fraction of sp³-hybridized carbons (Fsp3) is 0.290. The number of benzene rings is 3. The molecule has 0 saturated heterocycles. The molecule has 0 aliphatic carbocycles. The van der Waals surface area contributed by atoms with Crippen LogP contribution in [0, 0.1) is 6.92 Å². The lowest BCUT2D eigenvalue weighted by Crippen LogP contribution is -2.34. The highest BCUT2D eigenvalue weighted by Crippen LogP contribution is 2.35. The van der Waals surface area contributed by atoms with Gasteiger partial charge in [0.15, 0.2) is 0 Å². The van der Waals surface area contributed by atoms with Gasteiger partial charge in [0.25, 0.3) is 0 Å². The van der Waals surface area contributed by atoms with E-state index in [-0.39, 0.29) is 6.04 Å². The van der Waals surface area contributed by atoms with Crippen molar-refractivity contribution in [3.8, 4) is 0 Å². The third-order valence-corrected chi connectivity index (χ3v) is 6.38. The van der Waals surface area contributed by atoms with Gasteiger partial charge in [-0.15, -0.1) is 0 Å². The van der Waals surface area contributed by atoms with Crippen LogP contribution in [0.15, 0.2) is 79.9 Å². The predicted octanol–water partition coefficient (Wildman–Crippen LogP) is 8.26. The Balaban J connectivity index is 2.07. The van der Waals surface area contributed by atoms with Gasteiger partial charge in [0.05, 0.1) is 0 Å². The van der Waals surface area contributed by atoms with E-state index in [1.807, 2.05) is 6.08 Å². The highest BCUT2D eigenvalue weighted by Gasteiger charge is 2.22. The number of hydrogen-bond donors (Lipinski definition) is 0. The van der Waals surface area contributed by atoms with Crippen molar-refractivity contribution in [3.63, 3.8) is 0 Å². The smallest absolute Gasteiger partial charge is 0.0446 e. The van der Waals surface area contributed by atoms with Gasteiger partial charge < -0.3 is 4.90 Å². The highest BCUT2D eigenvalue weighted by atomic mass is 15.2. The Morgan fingerprint density at radius 2 is 1.66 bits per heavy atom. The molecule has 0 aromatic heterocycles. The Labute approximate surface area is 195 Å². The van der Waals surface area contributed by atoms with Crippen LogP contribution in [0.4, 0.5) is 5.69 Å². The fourth-order valence-corrected chi connectivity index (χ4v) is 4.70. The molecule has 3 aromatic carbocycles. The van der Waals surface area contributed by atoms with E-state index in [2.05, 4.69) is 112 Å². The van der Waals surface area contributed by atoms with Crippen molar-refractivity contribution in [1.29, 1.82) is 0 Å². The molecule has 1 nitrogen and oxygen atoms in total. The molecule has 0 unspecified atom stereocenters. The van der Waals surface area contributed by atoms with E-state index in [1.54, 1.807) is 0 Å².